The standard InChI is InChI=1S/C13H18N4OS/c1-10-5-3-4-6-11(10)7-13-14-16-17(15-13)8-12(18)9-19-2/h3-6,12,18H,7-9H2,1-2H3. The summed E-state index contributed by atoms with van der Waals surface area (Å²) in [5.41, 5.74) is 2.42. The summed E-state index contributed by atoms with van der Waals surface area (Å²) in [6, 6.07) is 8.16. The van der Waals surface area contributed by atoms with Gasteiger partial charge in [0, 0.05) is 12.2 Å². The van der Waals surface area contributed by atoms with Crippen molar-refractivity contribution in [2.75, 3.05) is 12.0 Å². The second kappa shape index (κ2) is 6.68. The molecule has 0 saturated carbocycles. The zero-order valence-corrected chi connectivity index (χ0v) is 12.0. The molecule has 19 heavy (non-hydrogen) atoms. The Kier molecular flexibility index (Phi) is 4.93. The highest BCUT2D eigenvalue weighted by molar-refractivity contribution is 7.98. The fourth-order valence-corrected chi connectivity index (χ4v) is 2.33. The highest BCUT2D eigenvalue weighted by Gasteiger charge is 2.09. The summed E-state index contributed by atoms with van der Waals surface area (Å²) >= 11 is 1.60. The Hall–Kier alpha value is -1.40. The van der Waals surface area contributed by atoms with Crippen LogP contribution in [-0.4, -0.2) is 43.4 Å². The van der Waals surface area contributed by atoms with Gasteiger partial charge in [-0.05, 0) is 29.5 Å². The van der Waals surface area contributed by atoms with E-state index in [-0.39, 0.29) is 0 Å². The number of aryl methyl sites for hydroxylation is 1. The first-order valence-electron chi connectivity index (χ1n) is 6.17. The molecule has 2 aromatic rings. The Balaban J connectivity index is 2.00. The fraction of sp³-hybridized carbons (Fsp3) is 0.462. The molecule has 1 aromatic carbocycles. The van der Waals surface area contributed by atoms with Crippen LogP contribution in [0, 0.1) is 6.92 Å². The molecule has 1 unspecified atom stereocenters. The summed E-state index contributed by atoms with van der Waals surface area (Å²) in [6.07, 6.45) is 2.20. The van der Waals surface area contributed by atoms with Gasteiger partial charge in [-0.15, -0.1) is 10.2 Å². The van der Waals surface area contributed by atoms with E-state index < -0.39 is 6.10 Å². The molecule has 1 aromatic heterocycles. The summed E-state index contributed by atoms with van der Waals surface area (Å²) in [5, 5.41) is 22.0. The second-order valence-corrected chi connectivity index (χ2v) is 5.38. The Labute approximate surface area is 117 Å². The van der Waals surface area contributed by atoms with Crippen molar-refractivity contribution in [3.05, 3.63) is 41.2 Å². The predicted octanol–water partition coefficient (Wildman–Crippen LogP) is 1.30. The Morgan fingerprint density at radius 2 is 2.16 bits per heavy atom. The van der Waals surface area contributed by atoms with Gasteiger partial charge in [0.05, 0.1) is 12.6 Å². The van der Waals surface area contributed by atoms with Crippen molar-refractivity contribution in [3.63, 3.8) is 0 Å². The maximum atomic E-state index is 9.70. The largest absolute Gasteiger partial charge is 0.390 e. The SMILES string of the molecule is CSCC(O)Cn1nnc(Cc2ccccc2C)n1. The molecule has 0 radical (unpaired) electrons. The number of hydrogen-bond acceptors (Lipinski definition) is 5. The number of aromatic nitrogens is 4. The van der Waals surface area contributed by atoms with Crippen molar-refractivity contribution in [1.82, 2.24) is 20.2 Å². The summed E-state index contributed by atoms with van der Waals surface area (Å²) in [7, 11) is 0. The van der Waals surface area contributed by atoms with Crippen LogP contribution in [0.5, 0.6) is 0 Å². The number of hydrogen-bond donors (Lipinski definition) is 1. The maximum Gasteiger partial charge on any atom is 0.179 e. The monoisotopic (exact) mass is 278 g/mol. The third-order valence-electron chi connectivity index (χ3n) is 2.84. The first kappa shape index (κ1) is 14.0. The molecule has 1 atom stereocenters. The van der Waals surface area contributed by atoms with Gasteiger partial charge in [-0.1, -0.05) is 24.3 Å². The van der Waals surface area contributed by atoms with Crippen molar-refractivity contribution in [2.24, 2.45) is 0 Å². The average Bonchev–Trinajstić information content (AvgIpc) is 2.80. The van der Waals surface area contributed by atoms with Crippen LogP contribution in [0.25, 0.3) is 0 Å². The molecule has 0 amide bonds. The molecule has 6 heteroatoms. The van der Waals surface area contributed by atoms with E-state index in [0.29, 0.717) is 24.5 Å². The quantitative estimate of drug-likeness (QED) is 0.863. The molecule has 102 valence electrons. The van der Waals surface area contributed by atoms with E-state index in [4.69, 9.17) is 0 Å². The number of thioether (sulfide) groups is 1. The van der Waals surface area contributed by atoms with Crippen LogP contribution < -0.4 is 0 Å². The number of nitrogens with zero attached hydrogens (tertiary/aromatic N) is 4. The normalized spacial score (nSPS) is 12.6. The number of aliphatic hydroxyl groups is 1. The third-order valence-corrected chi connectivity index (χ3v) is 3.56. The zero-order chi connectivity index (χ0) is 13.7. The Morgan fingerprint density at radius 1 is 1.37 bits per heavy atom. The number of aliphatic hydroxyl groups excluding tert-OH is 1. The molecule has 5 nitrogen and oxygen atoms in total. The molecule has 2 rings (SSSR count). The lowest BCUT2D eigenvalue weighted by atomic mass is 10.1. The molecular formula is C13H18N4OS. The molecule has 1 heterocycles. The summed E-state index contributed by atoms with van der Waals surface area (Å²) in [5.74, 6) is 1.36. The second-order valence-electron chi connectivity index (χ2n) is 4.47. The van der Waals surface area contributed by atoms with Crippen LogP contribution in [0.15, 0.2) is 24.3 Å². The average molecular weight is 278 g/mol. The van der Waals surface area contributed by atoms with Crippen LogP contribution in [0.4, 0.5) is 0 Å². The van der Waals surface area contributed by atoms with Gasteiger partial charge in [0.2, 0.25) is 0 Å². The minimum absolute atomic E-state index is 0.390. The summed E-state index contributed by atoms with van der Waals surface area (Å²) < 4.78 is 0. The van der Waals surface area contributed by atoms with E-state index in [0.717, 1.165) is 0 Å². The van der Waals surface area contributed by atoms with E-state index in [1.807, 2.05) is 18.4 Å². The summed E-state index contributed by atoms with van der Waals surface area (Å²) in [4.78, 5) is 1.47. The lowest BCUT2D eigenvalue weighted by Crippen LogP contribution is -2.20. The van der Waals surface area contributed by atoms with Gasteiger partial charge in [-0.2, -0.15) is 16.6 Å². The van der Waals surface area contributed by atoms with Crippen molar-refractivity contribution in [1.29, 1.82) is 0 Å². The van der Waals surface area contributed by atoms with Crippen molar-refractivity contribution >= 4 is 11.8 Å². The van der Waals surface area contributed by atoms with E-state index in [1.165, 1.54) is 15.9 Å². The molecule has 1 N–H and O–H groups in total. The van der Waals surface area contributed by atoms with Crippen LogP contribution in [0.1, 0.15) is 17.0 Å². The minimum Gasteiger partial charge on any atom is -0.390 e. The fourth-order valence-electron chi connectivity index (χ4n) is 1.84. The minimum atomic E-state index is -0.435. The molecule has 0 aliphatic rings. The first-order valence-corrected chi connectivity index (χ1v) is 7.56. The zero-order valence-electron chi connectivity index (χ0n) is 11.2. The van der Waals surface area contributed by atoms with E-state index in [9.17, 15) is 5.11 Å². The van der Waals surface area contributed by atoms with Gasteiger partial charge in [-0.25, -0.2) is 0 Å². The van der Waals surface area contributed by atoms with E-state index in [1.54, 1.807) is 11.8 Å². The van der Waals surface area contributed by atoms with Crippen LogP contribution in [0.2, 0.25) is 0 Å². The number of benzene rings is 1. The molecule has 0 aliphatic carbocycles. The number of rotatable bonds is 6. The van der Waals surface area contributed by atoms with Gasteiger partial charge in [0.1, 0.15) is 0 Å². The van der Waals surface area contributed by atoms with E-state index >= 15 is 0 Å². The lowest BCUT2D eigenvalue weighted by Gasteiger charge is -2.06. The molecular weight excluding hydrogens is 260 g/mol. The highest BCUT2D eigenvalue weighted by atomic mass is 32.2. The smallest absolute Gasteiger partial charge is 0.179 e. The Bertz CT molecular complexity index is 529. The van der Waals surface area contributed by atoms with Crippen molar-refractivity contribution < 1.29 is 5.11 Å². The highest BCUT2D eigenvalue weighted by Crippen LogP contribution is 2.10. The molecule has 0 spiro atoms. The van der Waals surface area contributed by atoms with Gasteiger partial charge in [-0.3, -0.25) is 0 Å². The first-order chi connectivity index (χ1) is 9.19. The van der Waals surface area contributed by atoms with Crippen LogP contribution >= 0.6 is 11.8 Å². The van der Waals surface area contributed by atoms with Crippen LogP contribution in [0.3, 0.4) is 0 Å². The summed E-state index contributed by atoms with van der Waals surface area (Å²) in [6.45, 7) is 2.46. The van der Waals surface area contributed by atoms with Gasteiger partial charge >= 0.3 is 0 Å². The third kappa shape index (κ3) is 4.04. The Morgan fingerprint density at radius 3 is 2.89 bits per heavy atom. The number of tetrazole rings is 1. The molecule has 0 aliphatic heterocycles. The molecule has 0 fully saturated rings. The maximum absolute atomic E-state index is 9.70. The molecule has 0 bridgehead atoms. The van der Waals surface area contributed by atoms with Gasteiger partial charge in [0.25, 0.3) is 0 Å². The van der Waals surface area contributed by atoms with E-state index in [2.05, 4.69) is 34.5 Å². The molecule has 0 saturated heterocycles. The topological polar surface area (TPSA) is 63.8 Å². The lowest BCUT2D eigenvalue weighted by molar-refractivity contribution is 0.165. The van der Waals surface area contributed by atoms with Crippen LogP contribution in [-0.2, 0) is 13.0 Å². The van der Waals surface area contributed by atoms with Crippen molar-refractivity contribution in [3.8, 4) is 0 Å². The van der Waals surface area contributed by atoms with Crippen molar-refractivity contribution in [2.45, 2.75) is 26.0 Å². The van der Waals surface area contributed by atoms with Gasteiger partial charge in [0.15, 0.2) is 5.82 Å². The van der Waals surface area contributed by atoms with Gasteiger partial charge < -0.3 is 5.11 Å². The predicted molar refractivity (Wildman–Crippen MR) is 76.2 cm³/mol.